The summed E-state index contributed by atoms with van der Waals surface area (Å²) in [6.45, 7) is 1.86. The quantitative estimate of drug-likeness (QED) is 0.924. The third-order valence-corrected chi connectivity index (χ3v) is 4.15. The van der Waals surface area contributed by atoms with E-state index >= 15 is 0 Å². The SMILES string of the molecule is CC1=NO[C@H](CNS(=O)(=O)c2cc(F)cc(Cl)c2)C1. The van der Waals surface area contributed by atoms with Crippen molar-refractivity contribution in [3.05, 3.63) is 29.0 Å². The molecule has 19 heavy (non-hydrogen) atoms. The Hall–Kier alpha value is -1.18. The maximum absolute atomic E-state index is 13.1. The number of halogens is 2. The Balaban J connectivity index is 2.06. The van der Waals surface area contributed by atoms with Crippen molar-refractivity contribution >= 4 is 27.3 Å². The van der Waals surface area contributed by atoms with E-state index < -0.39 is 15.8 Å². The normalized spacial score (nSPS) is 19.1. The average Bonchev–Trinajstić information content (AvgIpc) is 2.71. The van der Waals surface area contributed by atoms with Gasteiger partial charge in [-0.25, -0.2) is 17.5 Å². The second-order valence-corrected chi connectivity index (χ2v) is 6.42. The molecule has 5 nitrogen and oxygen atoms in total. The van der Waals surface area contributed by atoms with Crippen LogP contribution in [0.4, 0.5) is 4.39 Å². The summed E-state index contributed by atoms with van der Waals surface area (Å²) in [5, 5.41) is 3.74. The van der Waals surface area contributed by atoms with E-state index in [1.165, 1.54) is 6.07 Å². The second kappa shape index (κ2) is 5.44. The largest absolute Gasteiger partial charge is 0.391 e. The molecule has 0 bridgehead atoms. The lowest BCUT2D eigenvalue weighted by atomic mass is 10.2. The van der Waals surface area contributed by atoms with E-state index in [-0.39, 0.29) is 22.6 Å². The summed E-state index contributed by atoms with van der Waals surface area (Å²) in [6.07, 6.45) is 0.227. The average molecular weight is 307 g/mol. The molecule has 1 aliphatic rings. The summed E-state index contributed by atoms with van der Waals surface area (Å²) < 4.78 is 39.4. The Bertz CT molecular complexity index is 598. The Labute approximate surface area is 115 Å². The third-order valence-electron chi connectivity index (χ3n) is 2.53. The first-order valence-electron chi connectivity index (χ1n) is 5.52. The van der Waals surface area contributed by atoms with Gasteiger partial charge in [-0.15, -0.1) is 0 Å². The van der Waals surface area contributed by atoms with E-state index in [1.807, 2.05) is 0 Å². The van der Waals surface area contributed by atoms with Gasteiger partial charge in [-0.2, -0.15) is 0 Å². The van der Waals surface area contributed by atoms with Crippen LogP contribution in [0.3, 0.4) is 0 Å². The number of hydrogen-bond donors (Lipinski definition) is 1. The lowest BCUT2D eigenvalue weighted by molar-refractivity contribution is 0.0891. The van der Waals surface area contributed by atoms with Crippen LogP contribution in [-0.2, 0) is 14.9 Å². The Morgan fingerprint density at radius 3 is 2.84 bits per heavy atom. The van der Waals surface area contributed by atoms with Crippen molar-refractivity contribution in [3.8, 4) is 0 Å². The minimum absolute atomic E-state index is 0.0247. The van der Waals surface area contributed by atoms with Crippen molar-refractivity contribution < 1.29 is 17.6 Å². The Morgan fingerprint density at radius 1 is 1.53 bits per heavy atom. The fourth-order valence-corrected chi connectivity index (χ4v) is 3.06. The molecule has 8 heteroatoms. The molecule has 0 fully saturated rings. The molecule has 0 aromatic heterocycles. The molecule has 1 aromatic carbocycles. The number of sulfonamides is 1. The summed E-state index contributed by atoms with van der Waals surface area (Å²) in [5.41, 5.74) is 0.804. The van der Waals surface area contributed by atoms with Gasteiger partial charge < -0.3 is 4.84 Å². The van der Waals surface area contributed by atoms with Gasteiger partial charge in [0.1, 0.15) is 11.9 Å². The molecule has 1 heterocycles. The molecule has 0 spiro atoms. The van der Waals surface area contributed by atoms with Gasteiger partial charge in [-0.1, -0.05) is 16.8 Å². The van der Waals surface area contributed by atoms with Crippen LogP contribution in [0.1, 0.15) is 13.3 Å². The van der Waals surface area contributed by atoms with Crippen LogP contribution < -0.4 is 4.72 Å². The van der Waals surface area contributed by atoms with E-state index in [9.17, 15) is 12.8 Å². The predicted molar refractivity (Wildman–Crippen MR) is 69.2 cm³/mol. The number of hydrogen-bond acceptors (Lipinski definition) is 4. The number of benzene rings is 1. The summed E-state index contributed by atoms with van der Waals surface area (Å²) in [5.74, 6) is -0.704. The highest BCUT2D eigenvalue weighted by atomic mass is 35.5. The van der Waals surface area contributed by atoms with Gasteiger partial charge >= 0.3 is 0 Å². The van der Waals surface area contributed by atoms with Crippen molar-refractivity contribution in [2.75, 3.05) is 6.54 Å². The van der Waals surface area contributed by atoms with Gasteiger partial charge in [0.2, 0.25) is 10.0 Å². The molecule has 0 unspecified atom stereocenters. The first kappa shape index (κ1) is 14.2. The molecule has 0 radical (unpaired) electrons. The van der Waals surface area contributed by atoms with Gasteiger partial charge in [0.05, 0.1) is 17.2 Å². The fraction of sp³-hybridized carbons (Fsp3) is 0.364. The van der Waals surface area contributed by atoms with E-state index in [0.717, 1.165) is 17.8 Å². The van der Waals surface area contributed by atoms with Crippen LogP contribution in [0.15, 0.2) is 28.3 Å². The molecule has 1 N–H and O–H groups in total. The number of nitrogens with one attached hydrogen (secondary N) is 1. The number of rotatable bonds is 4. The van der Waals surface area contributed by atoms with Gasteiger partial charge in [0, 0.05) is 11.4 Å². The van der Waals surface area contributed by atoms with Crippen LogP contribution >= 0.6 is 11.6 Å². The van der Waals surface area contributed by atoms with Gasteiger partial charge in [0.15, 0.2) is 0 Å². The van der Waals surface area contributed by atoms with E-state index in [4.69, 9.17) is 16.4 Å². The van der Waals surface area contributed by atoms with Gasteiger partial charge in [-0.3, -0.25) is 0 Å². The van der Waals surface area contributed by atoms with Crippen LogP contribution in [0.5, 0.6) is 0 Å². The zero-order valence-corrected chi connectivity index (χ0v) is 11.6. The predicted octanol–water partition coefficient (Wildman–Crippen LogP) is 1.92. The second-order valence-electron chi connectivity index (χ2n) is 4.22. The van der Waals surface area contributed by atoms with Crippen molar-refractivity contribution in [1.29, 1.82) is 0 Å². The van der Waals surface area contributed by atoms with Crippen molar-refractivity contribution in [2.45, 2.75) is 24.3 Å². The van der Waals surface area contributed by atoms with Crippen LogP contribution in [0.25, 0.3) is 0 Å². The molecule has 0 amide bonds. The van der Waals surface area contributed by atoms with Crippen LogP contribution in [-0.4, -0.2) is 26.8 Å². The lowest BCUT2D eigenvalue weighted by Gasteiger charge is -2.10. The van der Waals surface area contributed by atoms with Gasteiger partial charge in [0.25, 0.3) is 0 Å². The molecule has 0 aliphatic carbocycles. The van der Waals surface area contributed by atoms with E-state index in [1.54, 1.807) is 6.92 Å². The maximum Gasteiger partial charge on any atom is 0.240 e. The monoisotopic (exact) mass is 306 g/mol. The highest BCUT2D eigenvalue weighted by Gasteiger charge is 2.22. The topological polar surface area (TPSA) is 67.8 Å². The van der Waals surface area contributed by atoms with Crippen LogP contribution in [0, 0.1) is 5.82 Å². The Morgan fingerprint density at radius 2 is 2.26 bits per heavy atom. The van der Waals surface area contributed by atoms with Crippen molar-refractivity contribution in [3.63, 3.8) is 0 Å². The molecule has 104 valence electrons. The molecule has 2 rings (SSSR count). The number of oxime groups is 1. The molecule has 0 saturated carbocycles. The first-order valence-corrected chi connectivity index (χ1v) is 7.38. The molecule has 1 aromatic rings. The molecule has 1 aliphatic heterocycles. The first-order chi connectivity index (χ1) is 8.87. The zero-order valence-electron chi connectivity index (χ0n) is 10.1. The zero-order chi connectivity index (χ0) is 14.0. The van der Waals surface area contributed by atoms with Crippen LogP contribution in [0.2, 0.25) is 5.02 Å². The lowest BCUT2D eigenvalue weighted by Crippen LogP contribution is -2.32. The van der Waals surface area contributed by atoms with Gasteiger partial charge in [-0.05, 0) is 25.1 Å². The molecular formula is C11H12ClFN2O3S. The maximum atomic E-state index is 13.1. The smallest absolute Gasteiger partial charge is 0.240 e. The summed E-state index contributed by atoms with van der Waals surface area (Å²) in [7, 11) is -3.82. The third kappa shape index (κ3) is 3.65. The summed E-state index contributed by atoms with van der Waals surface area (Å²) in [4.78, 5) is 4.79. The standard InChI is InChI=1S/C11H12ClFN2O3S/c1-7-2-10(18-15-7)6-14-19(16,17)11-4-8(12)3-9(13)5-11/h3-5,10,14H,2,6H2,1H3/t10-/m0/s1. The minimum atomic E-state index is -3.82. The Kier molecular flexibility index (Phi) is 4.07. The molecular weight excluding hydrogens is 295 g/mol. The highest BCUT2D eigenvalue weighted by Crippen LogP contribution is 2.18. The molecule has 1 atom stereocenters. The highest BCUT2D eigenvalue weighted by molar-refractivity contribution is 7.89. The summed E-state index contributed by atoms with van der Waals surface area (Å²) in [6, 6.07) is 3.13. The molecule has 0 saturated heterocycles. The fourth-order valence-electron chi connectivity index (χ4n) is 1.65. The minimum Gasteiger partial charge on any atom is -0.391 e. The van der Waals surface area contributed by atoms with Crippen molar-refractivity contribution in [1.82, 2.24) is 4.72 Å². The van der Waals surface area contributed by atoms with E-state index in [2.05, 4.69) is 9.88 Å². The number of nitrogens with zero attached hydrogens (tertiary/aromatic N) is 1. The van der Waals surface area contributed by atoms with Crippen molar-refractivity contribution in [2.24, 2.45) is 5.16 Å². The van der Waals surface area contributed by atoms with E-state index in [0.29, 0.717) is 6.42 Å². The summed E-state index contributed by atoms with van der Waals surface area (Å²) >= 11 is 5.63.